The lowest BCUT2D eigenvalue weighted by Gasteiger charge is -2.21. The Morgan fingerprint density at radius 2 is 2.00 bits per heavy atom. The Morgan fingerprint density at radius 1 is 1.19 bits per heavy atom. The van der Waals surface area contributed by atoms with E-state index in [4.69, 9.17) is 10.1 Å². The second-order valence-electron chi connectivity index (χ2n) is 6.20. The van der Waals surface area contributed by atoms with Gasteiger partial charge in [0.25, 0.3) is 0 Å². The number of hydrogen-bond donors (Lipinski definition) is 0. The molecule has 2 aromatic carbocycles. The Labute approximate surface area is 170 Å². The third-order valence-electron chi connectivity index (χ3n) is 4.37. The van der Waals surface area contributed by atoms with Gasteiger partial charge < -0.3 is 0 Å². The van der Waals surface area contributed by atoms with Gasteiger partial charge in [0.15, 0.2) is 0 Å². The normalized spacial score (nSPS) is 16.8. The van der Waals surface area contributed by atoms with E-state index in [0.29, 0.717) is 0 Å². The van der Waals surface area contributed by atoms with E-state index in [1.807, 2.05) is 12.1 Å². The van der Waals surface area contributed by atoms with Crippen LogP contribution in [-0.2, 0) is 0 Å². The van der Waals surface area contributed by atoms with Crippen LogP contribution in [0.1, 0.15) is 24.9 Å². The molecule has 3 nitrogen and oxygen atoms in total. The van der Waals surface area contributed by atoms with Crippen molar-refractivity contribution in [2.45, 2.75) is 24.3 Å². The monoisotopic (exact) mass is 443 g/mol. The zero-order chi connectivity index (χ0) is 18.1. The molecule has 1 atom stereocenters. The summed E-state index contributed by atoms with van der Waals surface area (Å²) in [5.74, 6) is 0. The molecule has 0 radical (unpaired) electrons. The summed E-state index contributed by atoms with van der Waals surface area (Å²) in [4.78, 5) is 6.14. The largest absolute Gasteiger partial charge is 0.231 e. The number of halogens is 1. The van der Waals surface area contributed by atoms with Crippen molar-refractivity contribution < 1.29 is 0 Å². The molecular weight excluding hydrogens is 426 g/mol. The van der Waals surface area contributed by atoms with Gasteiger partial charge in [-0.05, 0) is 43.0 Å². The van der Waals surface area contributed by atoms with Crippen molar-refractivity contribution >= 4 is 49.9 Å². The van der Waals surface area contributed by atoms with Crippen molar-refractivity contribution in [1.82, 2.24) is 4.98 Å². The van der Waals surface area contributed by atoms with Crippen molar-refractivity contribution in [3.63, 3.8) is 0 Å². The molecule has 0 unspecified atom stereocenters. The number of aromatic nitrogens is 1. The van der Waals surface area contributed by atoms with Gasteiger partial charge in [-0.2, -0.15) is 5.10 Å². The van der Waals surface area contributed by atoms with Gasteiger partial charge in [-0.1, -0.05) is 40.2 Å². The summed E-state index contributed by atoms with van der Waals surface area (Å²) in [6.45, 7) is 2.09. The molecule has 1 aliphatic heterocycles. The molecule has 2 heterocycles. The molecule has 1 aliphatic rings. The van der Waals surface area contributed by atoms with E-state index in [1.165, 1.54) is 10.5 Å². The molecule has 0 bridgehead atoms. The van der Waals surface area contributed by atoms with Crippen LogP contribution in [0.2, 0.25) is 0 Å². The van der Waals surface area contributed by atoms with E-state index in [-0.39, 0.29) is 6.04 Å². The minimum absolute atomic E-state index is 0.215. The number of benzene rings is 2. The molecule has 0 amide bonds. The van der Waals surface area contributed by atoms with Gasteiger partial charge in [-0.15, -0.1) is 23.1 Å². The standard InChI is InChI=1S/C20H18BrN3S2/c1-13-10-19(14-6-8-17(25-2)9-7-14)24(23-13)20-22-18(12-26-20)15-4-3-5-16(21)11-15/h3-9,11-12,19H,10H2,1-2H3/t19-/m1/s1. The molecule has 1 aromatic heterocycles. The SMILES string of the molecule is CSc1ccc([C@H]2CC(C)=NN2c2nc(-c3cccc(Br)c3)cs2)cc1. The first-order chi connectivity index (χ1) is 12.6. The van der Waals surface area contributed by atoms with Crippen molar-refractivity contribution in [3.05, 3.63) is 63.9 Å². The lowest BCUT2D eigenvalue weighted by atomic mass is 10.0. The van der Waals surface area contributed by atoms with Crippen LogP contribution in [0, 0.1) is 0 Å². The quantitative estimate of drug-likeness (QED) is 0.424. The van der Waals surface area contributed by atoms with Gasteiger partial charge in [0.05, 0.1) is 11.7 Å². The highest BCUT2D eigenvalue weighted by Gasteiger charge is 2.29. The zero-order valence-corrected chi connectivity index (χ0v) is 17.7. The van der Waals surface area contributed by atoms with Crippen molar-refractivity contribution in [3.8, 4) is 11.3 Å². The summed E-state index contributed by atoms with van der Waals surface area (Å²) >= 11 is 6.94. The molecule has 0 spiro atoms. The van der Waals surface area contributed by atoms with Gasteiger partial charge in [0, 0.05) is 32.4 Å². The first-order valence-electron chi connectivity index (χ1n) is 8.33. The first kappa shape index (κ1) is 17.8. The summed E-state index contributed by atoms with van der Waals surface area (Å²) in [5.41, 5.74) is 4.52. The number of hydrazone groups is 1. The van der Waals surface area contributed by atoms with E-state index in [1.54, 1.807) is 23.1 Å². The van der Waals surface area contributed by atoms with Crippen LogP contribution in [-0.4, -0.2) is 17.0 Å². The van der Waals surface area contributed by atoms with Crippen LogP contribution in [0.4, 0.5) is 5.13 Å². The summed E-state index contributed by atoms with van der Waals surface area (Å²) < 4.78 is 1.06. The van der Waals surface area contributed by atoms with Crippen LogP contribution in [0.3, 0.4) is 0 Å². The Morgan fingerprint density at radius 3 is 2.73 bits per heavy atom. The highest BCUT2D eigenvalue weighted by atomic mass is 79.9. The molecule has 6 heteroatoms. The highest BCUT2D eigenvalue weighted by Crippen LogP contribution is 2.38. The molecule has 0 N–H and O–H groups in total. The zero-order valence-electron chi connectivity index (χ0n) is 14.5. The maximum atomic E-state index is 4.86. The van der Waals surface area contributed by atoms with E-state index < -0.39 is 0 Å². The molecule has 0 saturated carbocycles. The van der Waals surface area contributed by atoms with Crippen molar-refractivity contribution in [2.24, 2.45) is 5.10 Å². The average molecular weight is 444 g/mol. The number of anilines is 1. The highest BCUT2D eigenvalue weighted by molar-refractivity contribution is 9.10. The van der Waals surface area contributed by atoms with E-state index in [9.17, 15) is 0 Å². The second kappa shape index (κ2) is 7.55. The third-order valence-corrected chi connectivity index (χ3v) is 6.44. The smallest absolute Gasteiger partial charge is 0.207 e. The maximum absolute atomic E-state index is 4.86. The molecule has 0 saturated heterocycles. The van der Waals surface area contributed by atoms with Crippen LogP contribution in [0.15, 0.2) is 68.4 Å². The average Bonchev–Trinajstić information content (AvgIpc) is 3.28. The fourth-order valence-electron chi connectivity index (χ4n) is 3.07. The van der Waals surface area contributed by atoms with Crippen LogP contribution in [0.25, 0.3) is 11.3 Å². The topological polar surface area (TPSA) is 28.5 Å². The number of rotatable bonds is 4. The molecule has 0 aliphatic carbocycles. The Hall–Kier alpha value is -1.63. The minimum Gasteiger partial charge on any atom is -0.231 e. The lowest BCUT2D eigenvalue weighted by molar-refractivity contribution is 0.705. The third kappa shape index (κ3) is 3.59. The molecule has 26 heavy (non-hydrogen) atoms. The van der Waals surface area contributed by atoms with Crippen LogP contribution < -0.4 is 5.01 Å². The minimum atomic E-state index is 0.215. The lowest BCUT2D eigenvalue weighted by Crippen LogP contribution is -2.18. The predicted octanol–water partition coefficient (Wildman–Crippen LogP) is 6.62. The van der Waals surface area contributed by atoms with E-state index >= 15 is 0 Å². The predicted molar refractivity (Wildman–Crippen MR) is 116 cm³/mol. The summed E-state index contributed by atoms with van der Waals surface area (Å²) in [6, 6.07) is 17.2. The second-order valence-corrected chi connectivity index (χ2v) is 8.83. The van der Waals surface area contributed by atoms with Gasteiger partial charge in [-0.3, -0.25) is 0 Å². The molecule has 132 valence electrons. The van der Waals surface area contributed by atoms with Gasteiger partial charge >= 0.3 is 0 Å². The Bertz CT molecular complexity index is 950. The van der Waals surface area contributed by atoms with Gasteiger partial charge in [0.1, 0.15) is 0 Å². The van der Waals surface area contributed by atoms with E-state index in [0.717, 1.165) is 33.0 Å². The van der Waals surface area contributed by atoms with E-state index in [2.05, 4.69) is 75.9 Å². The Kier molecular flexibility index (Phi) is 5.16. The molecule has 0 fully saturated rings. The summed E-state index contributed by atoms with van der Waals surface area (Å²) in [7, 11) is 0. The summed E-state index contributed by atoms with van der Waals surface area (Å²) in [6.07, 6.45) is 3.04. The van der Waals surface area contributed by atoms with Crippen LogP contribution in [0.5, 0.6) is 0 Å². The summed E-state index contributed by atoms with van der Waals surface area (Å²) in [5, 5.41) is 9.89. The van der Waals surface area contributed by atoms with Crippen LogP contribution >= 0.6 is 39.0 Å². The Balaban J connectivity index is 1.64. The van der Waals surface area contributed by atoms with Gasteiger partial charge in [-0.25, -0.2) is 9.99 Å². The number of hydrogen-bond acceptors (Lipinski definition) is 5. The number of nitrogens with zero attached hydrogens (tertiary/aromatic N) is 3. The molecular formula is C20H18BrN3S2. The number of thiazole rings is 1. The maximum Gasteiger partial charge on any atom is 0.207 e. The fraction of sp³-hybridized carbons (Fsp3) is 0.200. The molecule has 3 aromatic rings. The van der Waals surface area contributed by atoms with Gasteiger partial charge in [0.2, 0.25) is 5.13 Å². The molecule has 4 rings (SSSR count). The first-order valence-corrected chi connectivity index (χ1v) is 11.2. The van der Waals surface area contributed by atoms with Crippen molar-refractivity contribution in [1.29, 1.82) is 0 Å². The van der Waals surface area contributed by atoms with Crippen molar-refractivity contribution in [2.75, 3.05) is 11.3 Å². The number of thioether (sulfide) groups is 1. The fourth-order valence-corrected chi connectivity index (χ4v) is 4.71.